The summed E-state index contributed by atoms with van der Waals surface area (Å²) in [5.41, 5.74) is 6.06. The zero-order valence-corrected chi connectivity index (χ0v) is 9.48. The van der Waals surface area contributed by atoms with Crippen molar-refractivity contribution in [1.82, 2.24) is 0 Å². The van der Waals surface area contributed by atoms with Crippen LogP contribution in [-0.2, 0) is 11.2 Å². The summed E-state index contributed by atoms with van der Waals surface area (Å²) in [5.74, 6) is 2.03. The van der Waals surface area contributed by atoms with Crippen LogP contribution in [0.4, 0.5) is 0 Å². The summed E-state index contributed by atoms with van der Waals surface area (Å²) >= 11 is 0. The summed E-state index contributed by atoms with van der Waals surface area (Å²) in [5, 5.41) is 0. The summed E-state index contributed by atoms with van der Waals surface area (Å²) < 4.78 is 5.67. The fourth-order valence-electron chi connectivity index (χ4n) is 1.78. The maximum atomic E-state index is 10.8. The zero-order valence-electron chi connectivity index (χ0n) is 9.48. The molecule has 1 fully saturated rings. The molecule has 1 saturated carbocycles. The van der Waals surface area contributed by atoms with Crippen molar-refractivity contribution in [3.05, 3.63) is 29.8 Å². The van der Waals surface area contributed by atoms with Gasteiger partial charge in [0.15, 0.2) is 0 Å². The smallest absolute Gasteiger partial charge is 0.221 e. The van der Waals surface area contributed by atoms with Gasteiger partial charge in [0.2, 0.25) is 5.91 Å². The highest BCUT2D eigenvalue weighted by molar-refractivity contribution is 5.76. The Balaban J connectivity index is 1.90. The molecule has 16 heavy (non-hydrogen) atoms. The van der Waals surface area contributed by atoms with E-state index in [0.29, 0.717) is 5.92 Å². The van der Waals surface area contributed by atoms with Crippen LogP contribution in [0, 0.1) is 11.8 Å². The minimum atomic E-state index is -0.312. The van der Waals surface area contributed by atoms with E-state index in [1.165, 1.54) is 6.42 Å². The normalized spacial score (nSPS) is 22.8. The molecule has 0 aliphatic heterocycles. The maximum absolute atomic E-state index is 10.8. The summed E-state index contributed by atoms with van der Waals surface area (Å²) in [6.07, 6.45) is 1.54. The van der Waals surface area contributed by atoms with Gasteiger partial charge in [0.1, 0.15) is 5.75 Å². The molecule has 3 heteroatoms. The molecule has 1 aliphatic rings. The lowest BCUT2D eigenvalue weighted by Gasteiger charge is -2.06. The van der Waals surface area contributed by atoms with E-state index in [9.17, 15) is 4.79 Å². The van der Waals surface area contributed by atoms with Crippen LogP contribution in [-0.4, -0.2) is 12.5 Å². The monoisotopic (exact) mass is 219 g/mol. The first-order valence-electron chi connectivity index (χ1n) is 5.65. The van der Waals surface area contributed by atoms with Crippen LogP contribution in [0.15, 0.2) is 24.3 Å². The molecule has 1 aromatic carbocycles. The van der Waals surface area contributed by atoms with Gasteiger partial charge in [-0.15, -0.1) is 0 Å². The summed E-state index contributed by atoms with van der Waals surface area (Å²) in [6, 6.07) is 7.58. The van der Waals surface area contributed by atoms with Crippen LogP contribution in [0.3, 0.4) is 0 Å². The van der Waals surface area contributed by atoms with Crippen molar-refractivity contribution in [2.75, 3.05) is 6.61 Å². The molecule has 0 heterocycles. The molecule has 2 N–H and O–H groups in total. The van der Waals surface area contributed by atoms with Crippen LogP contribution in [0.5, 0.6) is 5.75 Å². The predicted octanol–water partition coefficient (Wildman–Crippen LogP) is 1.75. The number of nitrogens with two attached hydrogens (primary N) is 1. The number of hydrogen-bond donors (Lipinski definition) is 1. The Bertz CT molecular complexity index is 389. The van der Waals surface area contributed by atoms with E-state index < -0.39 is 0 Å². The third kappa shape index (κ3) is 2.99. The molecule has 2 atom stereocenters. The molecule has 0 bridgehead atoms. The first-order chi connectivity index (χ1) is 7.65. The molecule has 0 aromatic heterocycles. The highest BCUT2D eigenvalue weighted by Crippen LogP contribution is 2.37. The van der Waals surface area contributed by atoms with Gasteiger partial charge < -0.3 is 10.5 Å². The van der Waals surface area contributed by atoms with Crippen LogP contribution in [0.25, 0.3) is 0 Å². The average molecular weight is 219 g/mol. The van der Waals surface area contributed by atoms with E-state index in [0.717, 1.165) is 23.8 Å². The van der Waals surface area contributed by atoms with Crippen molar-refractivity contribution >= 4 is 5.91 Å². The third-order valence-electron chi connectivity index (χ3n) is 3.02. The van der Waals surface area contributed by atoms with E-state index >= 15 is 0 Å². The fraction of sp³-hybridized carbons (Fsp3) is 0.462. The number of carbonyl (C=O) groups excluding carboxylic acids is 1. The molecule has 1 aliphatic carbocycles. The van der Waals surface area contributed by atoms with Crippen LogP contribution in [0.1, 0.15) is 18.9 Å². The standard InChI is InChI=1S/C13H17NO2/c1-9-5-11(9)8-16-12-4-2-3-10(6-12)7-13(14)15/h2-4,6,9,11H,5,7-8H2,1H3,(H2,14,15). The molecule has 1 aromatic rings. The molecular formula is C13H17NO2. The van der Waals surface area contributed by atoms with Crippen molar-refractivity contribution < 1.29 is 9.53 Å². The number of hydrogen-bond acceptors (Lipinski definition) is 2. The Labute approximate surface area is 95.6 Å². The Morgan fingerprint density at radius 1 is 1.56 bits per heavy atom. The SMILES string of the molecule is CC1CC1COc1cccc(CC(N)=O)c1. The number of carbonyl (C=O) groups is 1. The zero-order chi connectivity index (χ0) is 11.5. The van der Waals surface area contributed by atoms with Crippen molar-refractivity contribution in [1.29, 1.82) is 0 Å². The van der Waals surface area contributed by atoms with E-state index in [-0.39, 0.29) is 12.3 Å². The van der Waals surface area contributed by atoms with Gasteiger partial charge in [-0.25, -0.2) is 0 Å². The number of ether oxygens (including phenoxy) is 1. The molecule has 0 saturated heterocycles. The lowest BCUT2D eigenvalue weighted by molar-refractivity contribution is -0.117. The quantitative estimate of drug-likeness (QED) is 0.820. The van der Waals surface area contributed by atoms with Crippen LogP contribution in [0.2, 0.25) is 0 Å². The predicted molar refractivity (Wildman–Crippen MR) is 62.1 cm³/mol. The highest BCUT2D eigenvalue weighted by Gasteiger charge is 2.32. The van der Waals surface area contributed by atoms with Gasteiger partial charge >= 0.3 is 0 Å². The average Bonchev–Trinajstić information content (AvgIpc) is 2.91. The summed E-state index contributed by atoms with van der Waals surface area (Å²) in [7, 11) is 0. The Morgan fingerprint density at radius 2 is 2.31 bits per heavy atom. The van der Waals surface area contributed by atoms with Crippen LogP contribution >= 0.6 is 0 Å². The number of primary amides is 1. The minimum absolute atomic E-state index is 0.275. The largest absolute Gasteiger partial charge is 0.493 e. The van der Waals surface area contributed by atoms with Crippen molar-refractivity contribution in [2.45, 2.75) is 19.8 Å². The lowest BCUT2D eigenvalue weighted by atomic mass is 10.1. The topological polar surface area (TPSA) is 52.3 Å². The summed E-state index contributed by atoms with van der Waals surface area (Å²) in [6.45, 7) is 3.01. The number of rotatable bonds is 5. The Hall–Kier alpha value is -1.51. The summed E-state index contributed by atoms with van der Waals surface area (Å²) in [4.78, 5) is 10.8. The Kier molecular flexibility index (Phi) is 3.13. The second-order valence-corrected chi connectivity index (χ2v) is 4.57. The van der Waals surface area contributed by atoms with Gasteiger partial charge in [-0.3, -0.25) is 4.79 Å². The number of benzene rings is 1. The fourth-order valence-corrected chi connectivity index (χ4v) is 1.78. The molecule has 2 unspecified atom stereocenters. The lowest BCUT2D eigenvalue weighted by Crippen LogP contribution is -2.13. The molecule has 1 amide bonds. The van der Waals surface area contributed by atoms with Gasteiger partial charge in [0, 0.05) is 0 Å². The molecule has 3 nitrogen and oxygen atoms in total. The van der Waals surface area contributed by atoms with Crippen LogP contribution < -0.4 is 10.5 Å². The van der Waals surface area contributed by atoms with Gasteiger partial charge in [0.25, 0.3) is 0 Å². The first kappa shape index (κ1) is 11.0. The molecule has 86 valence electrons. The second-order valence-electron chi connectivity index (χ2n) is 4.57. The molecule has 0 radical (unpaired) electrons. The van der Waals surface area contributed by atoms with E-state index in [2.05, 4.69) is 6.92 Å². The van der Waals surface area contributed by atoms with Crippen molar-refractivity contribution in [2.24, 2.45) is 17.6 Å². The third-order valence-corrected chi connectivity index (χ3v) is 3.02. The van der Waals surface area contributed by atoms with E-state index in [4.69, 9.17) is 10.5 Å². The second kappa shape index (κ2) is 4.56. The van der Waals surface area contributed by atoms with E-state index in [1.54, 1.807) is 0 Å². The van der Waals surface area contributed by atoms with Crippen molar-refractivity contribution in [3.63, 3.8) is 0 Å². The van der Waals surface area contributed by atoms with Gasteiger partial charge in [0.05, 0.1) is 13.0 Å². The number of amides is 1. The highest BCUT2D eigenvalue weighted by atomic mass is 16.5. The van der Waals surface area contributed by atoms with Gasteiger partial charge in [-0.05, 0) is 36.0 Å². The van der Waals surface area contributed by atoms with Gasteiger partial charge in [-0.2, -0.15) is 0 Å². The van der Waals surface area contributed by atoms with Crippen molar-refractivity contribution in [3.8, 4) is 5.75 Å². The Morgan fingerprint density at radius 3 is 2.94 bits per heavy atom. The molecule has 2 rings (SSSR count). The molecular weight excluding hydrogens is 202 g/mol. The first-order valence-corrected chi connectivity index (χ1v) is 5.65. The maximum Gasteiger partial charge on any atom is 0.221 e. The van der Waals surface area contributed by atoms with E-state index in [1.807, 2.05) is 24.3 Å². The molecule has 0 spiro atoms. The van der Waals surface area contributed by atoms with Gasteiger partial charge in [-0.1, -0.05) is 19.1 Å². The minimum Gasteiger partial charge on any atom is -0.493 e.